The molecule has 0 atom stereocenters. The van der Waals surface area contributed by atoms with E-state index >= 15 is 0 Å². The van der Waals surface area contributed by atoms with Crippen molar-refractivity contribution in [2.75, 3.05) is 0 Å². The molecule has 0 saturated carbocycles. The molecule has 0 amide bonds. The zero-order chi connectivity index (χ0) is 13.4. The minimum absolute atomic E-state index is 0.0313. The van der Waals surface area contributed by atoms with Gasteiger partial charge in [0.05, 0.1) is 0 Å². The van der Waals surface area contributed by atoms with Crippen LogP contribution in [0.15, 0.2) is 36.5 Å². The first-order valence-corrected chi connectivity index (χ1v) is 5.95. The van der Waals surface area contributed by atoms with Crippen LogP contribution in [0.25, 0.3) is 17.0 Å². The molecule has 1 aromatic carbocycles. The second-order valence-corrected chi connectivity index (χ2v) is 4.33. The lowest BCUT2D eigenvalue weighted by atomic mass is 10.1. The van der Waals surface area contributed by atoms with Gasteiger partial charge < -0.3 is 0 Å². The second kappa shape index (κ2) is 4.28. The summed E-state index contributed by atoms with van der Waals surface area (Å²) in [6.07, 6.45) is 1.69. The number of aryl methyl sites for hydroxylation is 1. The van der Waals surface area contributed by atoms with E-state index in [1.54, 1.807) is 29.8 Å². The fourth-order valence-corrected chi connectivity index (χ4v) is 2.00. The second-order valence-electron chi connectivity index (χ2n) is 4.33. The maximum Gasteiger partial charge on any atom is 0.163 e. The van der Waals surface area contributed by atoms with Gasteiger partial charge in [-0.3, -0.25) is 4.79 Å². The van der Waals surface area contributed by atoms with Crippen LogP contribution in [0.4, 0.5) is 0 Å². The van der Waals surface area contributed by atoms with E-state index in [1.165, 1.54) is 0 Å². The maximum atomic E-state index is 11.4. The summed E-state index contributed by atoms with van der Waals surface area (Å²) in [5, 5.41) is 4.32. The van der Waals surface area contributed by atoms with E-state index in [4.69, 9.17) is 0 Å². The van der Waals surface area contributed by atoms with Crippen molar-refractivity contribution in [3.8, 4) is 11.4 Å². The predicted octanol–water partition coefficient (Wildman–Crippen LogP) is 2.30. The van der Waals surface area contributed by atoms with Gasteiger partial charge >= 0.3 is 0 Å². The summed E-state index contributed by atoms with van der Waals surface area (Å²) in [4.78, 5) is 20.1. The first kappa shape index (κ1) is 11.5. The summed E-state index contributed by atoms with van der Waals surface area (Å²) < 4.78 is 1.69. The molecule has 5 nitrogen and oxygen atoms in total. The van der Waals surface area contributed by atoms with Crippen LogP contribution in [0.2, 0.25) is 0 Å². The SMILES string of the molecule is CC(=O)c1cccc(-c2nccc3nc(C)nn23)c1. The van der Waals surface area contributed by atoms with Crippen molar-refractivity contribution in [3.63, 3.8) is 0 Å². The molecule has 3 rings (SSSR count). The average molecular weight is 252 g/mol. The highest BCUT2D eigenvalue weighted by molar-refractivity contribution is 5.95. The summed E-state index contributed by atoms with van der Waals surface area (Å²) in [6.45, 7) is 3.38. The Morgan fingerprint density at radius 1 is 1.26 bits per heavy atom. The lowest BCUT2D eigenvalue weighted by Crippen LogP contribution is -1.99. The molecule has 0 radical (unpaired) electrons. The minimum Gasteiger partial charge on any atom is -0.295 e. The third-order valence-electron chi connectivity index (χ3n) is 2.89. The number of carbonyl (C=O) groups is 1. The van der Waals surface area contributed by atoms with Gasteiger partial charge in [0.15, 0.2) is 17.3 Å². The Hall–Kier alpha value is -2.56. The molecular weight excluding hydrogens is 240 g/mol. The predicted molar refractivity (Wildman–Crippen MR) is 71.0 cm³/mol. The third kappa shape index (κ3) is 1.99. The van der Waals surface area contributed by atoms with Gasteiger partial charge in [-0.15, -0.1) is 5.10 Å². The van der Waals surface area contributed by atoms with E-state index in [2.05, 4.69) is 15.1 Å². The molecule has 19 heavy (non-hydrogen) atoms. The Balaban J connectivity index is 2.24. The van der Waals surface area contributed by atoms with Gasteiger partial charge in [-0.05, 0) is 19.9 Å². The summed E-state index contributed by atoms with van der Waals surface area (Å²) in [7, 11) is 0. The molecule has 0 aliphatic rings. The van der Waals surface area contributed by atoms with E-state index in [9.17, 15) is 4.79 Å². The molecule has 5 heteroatoms. The summed E-state index contributed by atoms with van der Waals surface area (Å²) in [5.74, 6) is 1.40. The van der Waals surface area contributed by atoms with Gasteiger partial charge in [0.2, 0.25) is 0 Å². The van der Waals surface area contributed by atoms with Gasteiger partial charge in [0.1, 0.15) is 5.82 Å². The molecule has 3 aromatic rings. The number of carbonyl (C=O) groups excluding carboxylic acids is 1. The molecule has 2 heterocycles. The van der Waals surface area contributed by atoms with E-state index in [1.807, 2.05) is 25.1 Å². The monoisotopic (exact) mass is 252 g/mol. The number of fused-ring (bicyclic) bond motifs is 1. The standard InChI is InChI=1S/C14H12N4O/c1-9(19)11-4-3-5-12(8-11)14-15-7-6-13-16-10(2)17-18(13)14/h3-8H,1-2H3. The highest BCUT2D eigenvalue weighted by atomic mass is 16.1. The van der Waals surface area contributed by atoms with Gasteiger partial charge in [-0.25, -0.2) is 9.97 Å². The van der Waals surface area contributed by atoms with Crippen LogP contribution >= 0.6 is 0 Å². The molecule has 0 spiro atoms. The van der Waals surface area contributed by atoms with Crippen LogP contribution in [0.1, 0.15) is 23.1 Å². The van der Waals surface area contributed by atoms with Crippen molar-refractivity contribution >= 4 is 11.4 Å². The van der Waals surface area contributed by atoms with Crippen LogP contribution < -0.4 is 0 Å². The Morgan fingerprint density at radius 2 is 2.11 bits per heavy atom. The number of benzene rings is 1. The quantitative estimate of drug-likeness (QED) is 0.656. The molecule has 0 fully saturated rings. The number of aromatic nitrogens is 4. The van der Waals surface area contributed by atoms with Gasteiger partial charge in [0.25, 0.3) is 0 Å². The van der Waals surface area contributed by atoms with Gasteiger partial charge in [0, 0.05) is 23.4 Å². The highest BCUT2D eigenvalue weighted by Crippen LogP contribution is 2.19. The van der Waals surface area contributed by atoms with Crippen LogP contribution in [-0.2, 0) is 0 Å². The number of Topliss-reactive ketones (excluding diaryl/α,β-unsaturated/α-hetero) is 1. The Labute approximate surface area is 109 Å². The van der Waals surface area contributed by atoms with Crippen LogP contribution in [0.5, 0.6) is 0 Å². The molecule has 0 saturated heterocycles. The smallest absolute Gasteiger partial charge is 0.163 e. The summed E-state index contributed by atoms with van der Waals surface area (Å²) >= 11 is 0. The maximum absolute atomic E-state index is 11.4. The number of nitrogens with zero attached hydrogens (tertiary/aromatic N) is 4. The summed E-state index contributed by atoms with van der Waals surface area (Å²) in [6, 6.07) is 9.17. The van der Waals surface area contributed by atoms with E-state index < -0.39 is 0 Å². The molecule has 94 valence electrons. The van der Waals surface area contributed by atoms with Crippen molar-refractivity contribution in [2.45, 2.75) is 13.8 Å². The van der Waals surface area contributed by atoms with Gasteiger partial charge in [-0.1, -0.05) is 18.2 Å². The lowest BCUT2D eigenvalue weighted by Gasteiger charge is -2.04. The number of hydrogen-bond donors (Lipinski definition) is 0. The molecule has 0 unspecified atom stereocenters. The van der Waals surface area contributed by atoms with Crippen molar-refractivity contribution in [1.29, 1.82) is 0 Å². The normalized spacial score (nSPS) is 10.8. The Kier molecular flexibility index (Phi) is 2.59. The highest BCUT2D eigenvalue weighted by Gasteiger charge is 2.09. The van der Waals surface area contributed by atoms with Gasteiger partial charge in [-0.2, -0.15) is 4.52 Å². The van der Waals surface area contributed by atoms with E-state index in [-0.39, 0.29) is 5.78 Å². The van der Waals surface area contributed by atoms with Crippen molar-refractivity contribution in [3.05, 3.63) is 47.9 Å². The number of rotatable bonds is 2. The zero-order valence-electron chi connectivity index (χ0n) is 10.7. The molecule has 2 aromatic heterocycles. The zero-order valence-corrected chi connectivity index (χ0v) is 10.7. The first-order valence-electron chi connectivity index (χ1n) is 5.95. The molecule has 0 N–H and O–H groups in total. The molecular formula is C14H12N4O. The van der Waals surface area contributed by atoms with Crippen LogP contribution in [-0.4, -0.2) is 25.4 Å². The van der Waals surface area contributed by atoms with E-state index in [0.29, 0.717) is 17.2 Å². The lowest BCUT2D eigenvalue weighted by molar-refractivity contribution is 0.101. The topological polar surface area (TPSA) is 60.2 Å². The third-order valence-corrected chi connectivity index (χ3v) is 2.89. The number of ketones is 1. The Bertz CT molecular complexity index is 776. The summed E-state index contributed by atoms with van der Waals surface area (Å²) in [5.41, 5.74) is 2.26. The van der Waals surface area contributed by atoms with Crippen LogP contribution in [0.3, 0.4) is 0 Å². The molecule has 0 bridgehead atoms. The largest absolute Gasteiger partial charge is 0.295 e. The Morgan fingerprint density at radius 3 is 2.89 bits per heavy atom. The van der Waals surface area contributed by atoms with E-state index in [0.717, 1.165) is 11.2 Å². The molecule has 0 aliphatic heterocycles. The van der Waals surface area contributed by atoms with Crippen molar-refractivity contribution < 1.29 is 4.79 Å². The average Bonchev–Trinajstić information content (AvgIpc) is 2.78. The fourth-order valence-electron chi connectivity index (χ4n) is 2.00. The first-order chi connectivity index (χ1) is 9.15. The minimum atomic E-state index is 0.0313. The van der Waals surface area contributed by atoms with Crippen molar-refractivity contribution in [2.24, 2.45) is 0 Å². The number of hydrogen-bond acceptors (Lipinski definition) is 4. The molecule has 0 aliphatic carbocycles. The van der Waals surface area contributed by atoms with Crippen LogP contribution in [0, 0.1) is 6.92 Å². The fraction of sp³-hybridized carbons (Fsp3) is 0.143. The van der Waals surface area contributed by atoms with Crippen molar-refractivity contribution in [1.82, 2.24) is 19.6 Å².